The number of amides is 1. The van der Waals surface area contributed by atoms with Crippen molar-refractivity contribution < 1.29 is 13.9 Å². The van der Waals surface area contributed by atoms with Crippen LogP contribution in [0.15, 0.2) is 54.6 Å². The molecule has 0 radical (unpaired) electrons. The molecule has 1 amide bonds. The first-order chi connectivity index (χ1) is 16.2. The SMILES string of the molecule is O=C(NCC1CCN(Cc2ccc(F)cc2)CC1)c1nc(-c2ccccc2)n2c1COCC2. The highest BCUT2D eigenvalue weighted by atomic mass is 19.1. The molecule has 1 N–H and O–H groups in total. The normalized spacial score (nSPS) is 17.0. The summed E-state index contributed by atoms with van der Waals surface area (Å²) in [6, 6.07) is 16.7. The van der Waals surface area contributed by atoms with Crippen LogP contribution in [0.5, 0.6) is 0 Å². The lowest BCUT2D eigenvalue weighted by molar-refractivity contribution is 0.0812. The number of rotatable bonds is 6. The molecule has 1 aromatic heterocycles. The van der Waals surface area contributed by atoms with Gasteiger partial charge in [0.25, 0.3) is 5.91 Å². The van der Waals surface area contributed by atoms with Gasteiger partial charge in [0.2, 0.25) is 0 Å². The smallest absolute Gasteiger partial charge is 0.271 e. The summed E-state index contributed by atoms with van der Waals surface area (Å²) in [5.74, 6) is 0.949. The Hall–Kier alpha value is -3.03. The van der Waals surface area contributed by atoms with Crippen molar-refractivity contribution in [2.24, 2.45) is 5.92 Å². The number of fused-ring (bicyclic) bond motifs is 1. The largest absolute Gasteiger partial charge is 0.373 e. The van der Waals surface area contributed by atoms with Gasteiger partial charge in [-0.05, 0) is 49.5 Å². The Labute approximate surface area is 193 Å². The lowest BCUT2D eigenvalue weighted by Crippen LogP contribution is -2.38. The molecule has 0 saturated carbocycles. The topological polar surface area (TPSA) is 59.4 Å². The second-order valence-corrected chi connectivity index (χ2v) is 8.86. The van der Waals surface area contributed by atoms with Crippen LogP contribution < -0.4 is 5.32 Å². The number of nitrogens with zero attached hydrogens (tertiary/aromatic N) is 3. The summed E-state index contributed by atoms with van der Waals surface area (Å²) >= 11 is 0. The van der Waals surface area contributed by atoms with Gasteiger partial charge in [0.05, 0.1) is 18.9 Å². The maximum absolute atomic E-state index is 13.1. The molecule has 172 valence electrons. The van der Waals surface area contributed by atoms with Gasteiger partial charge >= 0.3 is 0 Å². The summed E-state index contributed by atoms with van der Waals surface area (Å²) in [4.78, 5) is 20.2. The molecule has 5 rings (SSSR count). The van der Waals surface area contributed by atoms with Gasteiger partial charge in [0.1, 0.15) is 11.6 Å². The van der Waals surface area contributed by atoms with Crippen LogP contribution in [0.25, 0.3) is 11.4 Å². The number of carbonyl (C=O) groups excluding carboxylic acids is 1. The number of imidazole rings is 1. The third kappa shape index (κ3) is 4.99. The van der Waals surface area contributed by atoms with Crippen molar-refractivity contribution in [1.82, 2.24) is 19.8 Å². The van der Waals surface area contributed by atoms with Crippen molar-refractivity contribution in [2.75, 3.05) is 26.2 Å². The van der Waals surface area contributed by atoms with Gasteiger partial charge in [0.15, 0.2) is 5.69 Å². The molecule has 0 spiro atoms. The van der Waals surface area contributed by atoms with Crippen molar-refractivity contribution in [2.45, 2.75) is 32.5 Å². The molecule has 1 saturated heterocycles. The van der Waals surface area contributed by atoms with Gasteiger partial charge < -0.3 is 14.6 Å². The van der Waals surface area contributed by atoms with Crippen LogP contribution in [0.3, 0.4) is 0 Å². The summed E-state index contributed by atoms with van der Waals surface area (Å²) in [7, 11) is 0. The minimum Gasteiger partial charge on any atom is -0.373 e. The monoisotopic (exact) mass is 448 g/mol. The zero-order chi connectivity index (χ0) is 22.6. The fourth-order valence-electron chi connectivity index (χ4n) is 4.71. The predicted octanol–water partition coefficient (Wildman–Crippen LogP) is 3.86. The Morgan fingerprint density at radius 1 is 1.06 bits per heavy atom. The Morgan fingerprint density at radius 2 is 1.82 bits per heavy atom. The molecule has 0 unspecified atom stereocenters. The molecule has 2 aliphatic heterocycles. The number of hydrogen-bond donors (Lipinski definition) is 1. The van der Waals surface area contributed by atoms with Crippen LogP contribution in [0, 0.1) is 11.7 Å². The quantitative estimate of drug-likeness (QED) is 0.622. The van der Waals surface area contributed by atoms with Crippen LogP contribution in [0.1, 0.15) is 34.6 Å². The number of hydrogen-bond acceptors (Lipinski definition) is 4. The fraction of sp³-hybridized carbons (Fsp3) is 0.385. The highest BCUT2D eigenvalue weighted by Gasteiger charge is 2.26. The molecule has 0 atom stereocenters. The number of ether oxygens (including phenoxy) is 1. The van der Waals surface area contributed by atoms with Crippen LogP contribution in [-0.4, -0.2) is 46.6 Å². The standard InChI is InChI=1S/C26H29FN4O2/c27-22-8-6-20(7-9-22)17-30-12-10-19(11-13-30)16-28-26(32)24-23-18-33-15-14-31(23)25(29-24)21-4-2-1-3-5-21/h1-9,19H,10-18H2,(H,28,32). The van der Waals surface area contributed by atoms with Crippen LogP contribution >= 0.6 is 0 Å². The number of piperidine rings is 1. The summed E-state index contributed by atoms with van der Waals surface area (Å²) in [6.45, 7) is 5.17. The molecule has 0 aliphatic carbocycles. The lowest BCUT2D eigenvalue weighted by atomic mass is 9.96. The van der Waals surface area contributed by atoms with Crippen LogP contribution in [0.2, 0.25) is 0 Å². The zero-order valence-corrected chi connectivity index (χ0v) is 18.7. The summed E-state index contributed by atoms with van der Waals surface area (Å²) < 4.78 is 20.9. The van der Waals surface area contributed by atoms with E-state index in [9.17, 15) is 9.18 Å². The van der Waals surface area contributed by atoms with Crippen molar-refractivity contribution in [3.63, 3.8) is 0 Å². The van der Waals surface area contributed by atoms with Crippen molar-refractivity contribution in [3.8, 4) is 11.4 Å². The molecule has 2 aliphatic rings. The van der Waals surface area contributed by atoms with Gasteiger partial charge in [-0.1, -0.05) is 42.5 Å². The second kappa shape index (κ2) is 9.85. The third-order valence-corrected chi connectivity index (χ3v) is 6.60. The summed E-state index contributed by atoms with van der Waals surface area (Å²) in [5.41, 5.74) is 3.46. The predicted molar refractivity (Wildman–Crippen MR) is 124 cm³/mol. The van der Waals surface area contributed by atoms with Gasteiger partial charge in [-0.2, -0.15) is 0 Å². The van der Waals surface area contributed by atoms with E-state index >= 15 is 0 Å². The number of nitrogens with one attached hydrogen (secondary N) is 1. The molecule has 3 heterocycles. The van der Waals surface area contributed by atoms with Crippen LogP contribution in [0.4, 0.5) is 4.39 Å². The highest BCUT2D eigenvalue weighted by Crippen LogP contribution is 2.26. The molecule has 2 aromatic carbocycles. The minimum atomic E-state index is -0.199. The lowest BCUT2D eigenvalue weighted by Gasteiger charge is -2.32. The van der Waals surface area contributed by atoms with E-state index in [0.717, 1.165) is 55.1 Å². The molecule has 33 heavy (non-hydrogen) atoms. The third-order valence-electron chi connectivity index (χ3n) is 6.60. The Kier molecular flexibility index (Phi) is 6.51. The van der Waals surface area contributed by atoms with Gasteiger partial charge in [-0.15, -0.1) is 0 Å². The Morgan fingerprint density at radius 3 is 2.58 bits per heavy atom. The molecular formula is C26H29FN4O2. The molecule has 6 nitrogen and oxygen atoms in total. The van der Waals surface area contributed by atoms with Gasteiger partial charge in [0, 0.05) is 25.2 Å². The van der Waals surface area contributed by atoms with Gasteiger partial charge in [-0.25, -0.2) is 9.37 Å². The summed E-state index contributed by atoms with van der Waals surface area (Å²) in [5, 5.41) is 3.12. The van der Waals surface area contributed by atoms with E-state index < -0.39 is 0 Å². The first-order valence-electron chi connectivity index (χ1n) is 11.6. The fourth-order valence-corrected chi connectivity index (χ4v) is 4.71. The number of benzene rings is 2. The minimum absolute atomic E-state index is 0.125. The van der Waals surface area contributed by atoms with E-state index in [1.165, 1.54) is 12.1 Å². The van der Waals surface area contributed by atoms with Gasteiger partial charge in [-0.3, -0.25) is 9.69 Å². The number of carbonyl (C=O) groups is 1. The van der Waals surface area contributed by atoms with E-state index in [1.54, 1.807) is 0 Å². The molecule has 1 fully saturated rings. The highest BCUT2D eigenvalue weighted by molar-refractivity contribution is 5.94. The van der Waals surface area contributed by atoms with E-state index in [2.05, 4.69) is 14.8 Å². The van der Waals surface area contributed by atoms with E-state index in [-0.39, 0.29) is 11.7 Å². The molecule has 0 bridgehead atoms. The first-order valence-corrected chi connectivity index (χ1v) is 11.6. The van der Waals surface area contributed by atoms with E-state index in [1.807, 2.05) is 42.5 Å². The Bertz CT molecular complexity index is 1090. The maximum Gasteiger partial charge on any atom is 0.271 e. The Balaban J connectivity index is 1.18. The maximum atomic E-state index is 13.1. The number of likely N-dealkylation sites (tertiary alicyclic amines) is 1. The van der Waals surface area contributed by atoms with Crippen molar-refractivity contribution >= 4 is 5.91 Å². The zero-order valence-electron chi connectivity index (χ0n) is 18.7. The number of aromatic nitrogens is 2. The molecule has 3 aromatic rings. The van der Waals surface area contributed by atoms with Crippen LogP contribution in [-0.2, 0) is 24.4 Å². The summed E-state index contributed by atoms with van der Waals surface area (Å²) in [6.07, 6.45) is 2.06. The van der Waals surface area contributed by atoms with E-state index in [0.29, 0.717) is 37.9 Å². The average Bonchev–Trinajstić information content (AvgIpc) is 3.25. The van der Waals surface area contributed by atoms with E-state index in [4.69, 9.17) is 9.72 Å². The number of halogens is 1. The first kappa shape index (κ1) is 21.8. The molecular weight excluding hydrogens is 419 g/mol. The molecule has 7 heteroatoms. The van der Waals surface area contributed by atoms with Crippen molar-refractivity contribution in [1.29, 1.82) is 0 Å². The second-order valence-electron chi connectivity index (χ2n) is 8.86. The average molecular weight is 449 g/mol. The van der Waals surface area contributed by atoms with Crippen molar-refractivity contribution in [3.05, 3.63) is 77.4 Å².